The third-order valence-corrected chi connectivity index (χ3v) is 4.65. The van der Waals surface area contributed by atoms with E-state index in [0.29, 0.717) is 13.0 Å². The Kier molecular flexibility index (Phi) is 7.06. The Morgan fingerprint density at radius 3 is 2.61 bits per heavy atom. The predicted molar refractivity (Wildman–Crippen MR) is 93.3 cm³/mol. The van der Waals surface area contributed by atoms with Crippen molar-refractivity contribution in [3.05, 3.63) is 35.9 Å². The molecule has 2 N–H and O–H groups in total. The van der Waals surface area contributed by atoms with Crippen LogP contribution in [-0.2, 0) is 9.53 Å². The van der Waals surface area contributed by atoms with Gasteiger partial charge in [0.05, 0.1) is 0 Å². The summed E-state index contributed by atoms with van der Waals surface area (Å²) in [5.41, 5.74) is 1.20. The predicted octanol–water partition coefficient (Wildman–Crippen LogP) is 3.19. The van der Waals surface area contributed by atoms with Gasteiger partial charge in [0.15, 0.2) is 0 Å². The van der Waals surface area contributed by atoms with E-state index in [1.54, 1.807) is 0 Å². The minimum absolute atomic E-state index is 0.0740. The third kappa shape index (κ3) is 5.63. The van der Waals surface area contributed by atoms with Gasteiger partial charge in [0.1, 0.15) is 0 Å². The second-order valence-corrected chi connectivity index (χ2v) is 6.55. The minimum atomic E-state index is -0.0740. The van der Waals surface area contributed by atoms with Gasteiger partial charge in [0, 0.05) is 37.8 Å². The molecule has 0 bridgehead atoms. The molecule has 4 heteroatoms. The van der Waals surface area contributed by atoms with Gasteiger partial charge in [-0.1, -0.05) is 43.7 Å². The summed E-state index contributed by atoms with van der Waals surface area (Å²) < 4.78 is 5.53. The smallest absolute Gasteiger partial charge is 0.220 e. The lowest BCUT2D eigenvalue weighted by molar-refractivity contribution is -0.121. The number of ether oxygens (including phenoxy) is 1. The zero-order valence-electron chi connectivity index (χ0n) is 14.4. The number of nitrogens with one attached hydrogen (secondary N) is 2. The number of hydrogen-bond acceptors (Lipinski definition) is 3. The summed E-state index contributed by atoms with van der Waals surface area (Å²) >= 11 is 0. The van der Waals surface area contributed by atoms with Crippen molar-refractivity contribution in [1.29, 1.82) is 0 Å². The van der Waals surface area contributed by atoms with Crippen LogP contribution >= 0.6 is 0 Å². The molecule has 2 rings (SSSR count). The van der Waals surface area contributed by atoms with Gasteiger partial charge in [-0.15, -0.1) is 0 Å². The third-order valence-electron chi connectivity index (χ3n) is 4.65. The molecule has 1 aromatic rings. The standard InChI is InChI=1S/C19H30N2O2/c1-3-4-10-18(22)20-15-19(11-13-23-14-12-19)21-16(2)17-8-6-5-7-9-17/h5-9,16,21H,3-4,10-15H2,1-2H3,(H,20,22)/t16-/m1/s1. The first-order valence-electron chi connectivity index (χ1n) is 8.82. The van der Waals surface area contributed by atoms with Gasteiger partial charge < -0.3 is 15.4 Å². The van der Waals surface area contributed by atoms with Crippen LogP contribution in [0.5, 0.6) is 0 Å². The SMILES string of the molecule is CCCCC(=O)NCC1(N[C@H](C)c2ccccc2)CCOCC1. The van der Waals surface area contributed by atoms with E-state index in [9.17, 15) is 4.79 Å². The van der Waals surface area contributed by atoms with E-state index in [2.05, 4.69) is 48.7 Å². The number of hydrogen-bond donors (Lipinski definition) is 2. The van der Waals surface area contributed by atoms with Crippen molar-refractivity contribution >= 4 is 5.91 Å². The van der Waals surface area contributed by atoms with Crippen molar-refractivity contribution in [3.63, 3.8) is 0 Å². The molecular formula is C19H30N2O2. The summed E-state index contributed by atoms with van der Waals surface area (Å²) in [6, 6.07) is 10.7. The fourth-order valence-electron chi connectivity index (χ4n) is 3.11. The maximum absolute atomic E-state index is 12.0. The average Bonchev–Trinajstić information content (AvgIpc) is 2.60. The molecule has 0 radical (unpaired) electrons. The number of amides is 1. The Bertz CT molecular complexity index is 470. The monoisotopic (exact) mass is 318 g/mol. The number of carbonyl (C=O) groups is 1. The molecule has 1 aliphatic heterocycles. The van der Waals surface area contributed by atoms with E-state index in [1.165, 1.54) is 5.56 Å². The molecule has 0 aliphatic carbocycles. The van der Waals surface area contributed by atoms with Crippen LogP contribution in [-0.4, -0.2) is 31.2 Å². The first kappa shape index (κ1) is 18.0. The van der Waals surface area contributed by atoms with Gasteiger partial charge in [-0.05, 0) is 31.7 Å². The van der Waals surface area contributed by atoms with Crippen LogP contribution in [0.1, 0.15) is 57.6 Å². The highest BCUT2D eigenvalue weighted by Gasteiger charge is 2.34. The van der Waals surface area contributed by atoms with Gasteiger partial charge >= 0.3 is 0 Å². The highest BCUT2D eigenvalue weighted by molar-refractivity contribution is 5.75. The Morgan fingerprint density at radius 1 is 1.26 bits per heavy atom. The van der Waals surface area contributed by atoms with E-state index in [1.807, 2.05) is 6.07 Å². The highest BCUT2D eigenvalue weighted by Crippen LogP contribution is 2.25. The number of rotatable bonds is 8. The van der Waals surface area contributed by atoms with Crippen LogP contribution in [0.3, 0.4) is 0 Å². The first-order chi connectivity index (χ1) is 11.2. The van der Waals surface area contributed by atoms with E-state index in [4.69, 9.17) is 4.74 Å². The fraction of sp³-hybridized carbons (Fsp3) is 0.632. The molecule has 0 aromatic heterocycles. The van der Waals surface area contributed by atoms with Gasteiger partial charge in [-0.25, -0.2) is 0 Å². The maximum Gasteiger partial charge on any atom is 0.220 e. The molecule has 1 heterocycles. The first-order valence-corrected chi connectivity index (χ1v) is 8.82. The quantitative estimate of drug-likeness (QED) is 0.774. The average molecular weight is 318 g/mol. The van der Waals surface area contributed by atoms with Crippen molar-refractivity contribution in [1.82, 2.24) is 10.6 Å². The molecule has 1 fully saturated rings. The van der Waals surface area contributed by atoms with E-state index >= 15 is 0 Å². The molecule has 23 heavy (non-hydrogen) atoms. The van der Waals surface area contributed by atoms with Crippen LogP contribution in [0.15, 0.2) is 30.3 Å². The molecule has 1 atom stereocenters. The van der Waals surface area contributed by atoms with Crippen molar-refractivity contribution in [3.8, 4) is 0 Å². The molecule has 1 saturated heterocycles. The lowest BCUT2D eigenvalue weighted by atomic mass is 9.88. The topological polar surface area (TPSA) is 50.4 Å². The van der Waals surface area contributed by atoms with E-state index in [-0.39, 0.29) is 17.5 Å². The summed E-state index contributed by atoms with van der Waals surface area (Å²) in [6.07, 6.45) is 4.49. The second-order valence-electron chi connectivity index (χ2n) is 6.55. The Labute approximate surface area is 140 Å². The molecule has 0 spiro atoms. The van der Waals surface area contributed by atoms with Crippen LogP contribution in [0.25, 0.3) is 0 Å². The normalized spacial score (nSPS) is 18.3. The lowest BCUT2D eigenvalue weighted by Gasteiger charge is -2.40. The zero-order chi connectivity index (χ0) is 16.5. The molecule has 0 saturated carbocycles. The zero-order valence-corrected chi connectivity index (χ0v) is 14.4. The molecule has 1 aromatic carbocycles. The Balaban J connectivity index is 1.96. The van der Waals surface area contributed by atoms with Gasteiger partial charge in [0.25, 0.3) is 0 Å². The van der Waals surface area contributed by atoms with Gasteiger partial charge in [-0.3, -0.25) is 4.79 Å². The molecule has 1 amide bonds. The van der Waals surface area contributed by atoms with Gasteiger partial charge in [0.2, 0.25) is 5.91 Å². The van der Waals surface area contributed by atoms with Crippen molar-refractivity contribution in [2.75, 3.05) is 19.8 Å². The molecule has 1 aliphatic rings. The highest BCUT2D eigenvalue weighted by atomic mass is 16.5. The fourth-order valence-corrected chi connectivity index (χ4v) is 3.11. The van der Waals surface area contributed by atoms with Crippen LogP contribution < -0.4 is 10.6 Å². The summed E-state index contributed by atoms with van der Waals surface area (Å²) in [7, 11) is 0. The van der Waals surface area contributed by atoms with Gasteiger partial charge in [-0.2, -0.15) is 0 Å². The number of carbonyl (C=O) groups excluding carboxylic acids is 1. The second kappa shape index (κ2) is 9.04. The summed E-state index contributed by atoms with van der Waals surface area (Å²) in [6.45, 7) is 6.47. The molecule has 0 unspecified atom stereocenters. The Hall–Kier alpha value is -1.39. The summed E-state index contributed by atoms with van der Waals surface area (Å²) in [4.78, 5) is 12.0. The largest absolute Gasteiger partial charge is 0.381 e. The van der Waals surface area contributed by atoms with Crippen molar-refractivity contribution in [2.24, 2.45) is 0 Å². The van der Waals surface area contributed by atoms with E-state index < -0.39 is 0 Å². The maximum atomic E-state index is 12.0. The van der Waals surface area contributed by atoms with Crippen molar-refractivity contribution < 1.29 is 9.53 Å². The van der Waals surface area contributed by atoms with Crippen LogP contribution in [0.2, 0.25) is 0 Å². The molecule has 4 nitrogen and oxygen atoms in total. The minimum Gasteiger partial charge on any atom is -0.381 e. The Morgan fingerprint density at radius 2 is 1.96 bits per heavy atom. The lowest BCUT2D eigenvalue weighted by Crippen LogP contribution is -2.57. The summed E-state index contributed by atoms with van der Waals surface area (Å²) in [5.74, 6) is 0.159. The van der Waals surface area contributed by atoms with E-state index in [0.717, 1.165) is 38.9 Å². The molecular weight excluding hydrogens is 288 g/mol. The van der Waals surface area contributed by atoms with Crippen LogP contribution in [0.4, 0.5) is 0 Å². The molecule has 128 valence electrons. The van der Waals surface area contributed by atoms with Crippen molar-refractivity contribution in [2.45, 2.75) is 57.5 Å². The van der Waals surface area contributed by atoms with Crippen LogP contribution in [0, 0.1) is 0 Å². The number of unbranched alkanes of at least 4 members (excludes halogenated alkanes) is 1. The number of benzene rings is 1. The summed E-state index contributed by atoms with van der Waals surface area (Å²) in [5, 5.41) is 6.89.